The third kappa shape index (κ3) is 6.84. The molecule has 40 heavy (non-hydrogen) atoms. The molecule has 3 fully saturated rings. The molecule has 0 radical (unpaired) electrons. The van der Waals surface area contributed by atoms with E-state index in [1.807, 2.05) is 6.20 Å². The van der Waals surface area contributed by atoms with Crippen LogP contribution in [0.25, 0.3) is 5.52 Å². The minimum atomic E-state index is -2.89. The van der Waals surface area contributed by atoms with Crippen molar-refractivity contribution in [3.63, 3.8) is 0 Å². The van der Waals surface area contributed by atoms with Gasteiger partial charge in [0.15, 0.2) is 9.84 Å². The Balaban J connectivity index is 1.31. The second-order valence-electron chi connectivity index (χ2n) is 12.6. The molecule has 2 N–H and O–H groups in total. The molecule has 0 spiro atoms. The number of aromatic nitrogens is 3. The summed E-state index contributed by atoms with van der Waals surface area (Å²) in [6, 6.07) is 2.73. The van der Waals surface area contributed by atoms with Crippen molar-refractivity contribution in [3.8, 4) is 0 Å². The molecule has 2 aromatic rings. The summed E-state index contributed by atoms with van der Waals surface area (Å²) in [5, 5.41) is 18.7. The molecule has 222 valence electrons. The van der Waals surface area contributed by atoms with Crippen molar-refractivity contribution in [3.05, 3.63) is 35.8 Å². The van der Waals surface area contributed by atoms with Crippen molar-refractivity contribution in [2.45, 2.75) is 115 Å². The number of nitrogens with one attached hydrogen (secondary N) is 1. The predicted molar refractivity (Wildman–Crippen MR) is 161 cm³/mol. The normalized spacial score (nSPS) is 27.9. The van der Waals surface area contributed by atoms with Crippen LogP contribution in [-0.4, -0.2) is 69.8 Å². The van der Waals surface area contributed by atoms with Gasteiger partial charge in [0, 0.05) is 36.4 Å². The molecule has 2 saturated carbocycles. The summed E-state index contributed by atoms with van der Waals surface area (Å²) < 4.78 is 25.9. The molecule has 2 aromatic heterocycles. The summed E-state index contributed by atoms with van der Waals surface area (Å²) in [6.07, 6.45) is 14.6. The fraction of sp³-hybridized carbons (Fsp3) is 0.742. The van der Waals surface area contributed by atoms with Gasteiger partial charge in [-0.2, -0.15) is 0 Å². The zero-order chi connectivity index (χ0) is 28.3. The maximum absolute atomic E-state index is 11.9. The summed E-state index contributed by atoms with van der Waals surface area (Å²) in [5.74, 6) is 2.46. The Morgan fingerprint density at radius 3 is 2.42 bits per heavy atom. The van der Waals surface area contributed by atoms with Crippen LogP contribution in [-0.2, 0) is 9.84 Å². The van der Waals surface area contributed by atoms with E-state index in [4.69, 9.17) is 10.1 Å². The lowest BCUT2D eigenvalue weighted by atomic mass is 9.77. The Kier molecular flexibility index (Phi) is 9.40. The van der Waals surface area contributed by atoms with Gasteiger partial charge in [0.25, 0.3) is 0 Å². The van der Waals surface area contributed by atoms with Crippen LogP contribution in [0.4, 0.5) is 5.95 Å². The molecule has 0 bridgehead atoms. The first-order valence-electron chi connectivity index (χ1n) is 15.7. The van der Waals surface area contributed by atoms with Gasteiger partial charge in [-0.25, -0.2) is 17.9 Å². The van der Waals surface area contributed by atoms with Crippen molar-refractivity contribution in [2.75, 3.05) is 29.9 Å². The summed E-state index contributed by atoms with van der Waals surface area (Å²) >= 11 is 0. The smallest absolute Gasteiger partial charge is 0.241 e. The lowest BCUT2D eigenvalue weighted by Gasteiger charge is -2.37. The van der Waals surface area contributed by atoms with Crippen LogP contribution >= 0.6 is 0 Å². The van der Waals surface area contributed by atoms with Crippen LogP contribution in [0.5, 0.6) is 0 Å². The number of aliphatic hydroxyl groups is 1. The minimum Gasteiger partial charge on any atom is -0.393 e. The predicted octanol–water partition coefficient (Wildman–Crippen LogP) is 5.65. The van der Waals surface area contributed by atoms with Crippen LogP contribution in [0.1, 0.15) is 114 Å². The van der Waals surface area contributed by atoms with Gasteiger partial charge < -0.3 is 15.3 Å². The topological polar surface area (TPSA) is 99.8 Å². The van der Waals surface area contributed by atoms with Gasteiger partial charge in [0.1, 0.15) is 0 Å². The Hall–Kier alpha value is -2.13. The number of hydrogen-bond donors (Lipinski definition) is 2. The van der Waals surface area contributed by atoms with Gasteiger partial charge in [-0.15, -0.1) is 5.10 Å². The molecule has 1 saturated heterocycles. The fourth-order valence-electron chi connectivity index (χ4n) is 7.08. The van der Waals surface area contributed by atoms with Crippen molar-refractivity contribution < 1.29 is 13.5 Å². The number of rotatable bonds is 10. The van der Waals surface area contributed by atoms with E-state index in [1.165, 1.54) is 30.5 Å². The number of sulfone groups is 1. The zero-order valence-corrected chi connectivity index (χ0v) is 25.3. The van der Waals surface area contributed by atoms with Gasteiger partial charge >= 0.3 is 0 Å². The largest absolute Gasteiger partial charge is 0.393 e. The third-order valence-corrected chi connectivity index (χ3v) is 11.3. The Morgan fingerprint density at radius 1 is 1.07 bits per heavy atom. The number of anilines is 1. The highest BCUT2D eigenvalue weighted by atomic mass is 32.2. The summed E-state index contributed by atoms with van der Waals surface area (Å²) in [4.78, 5) is 6.97. The molecular formula is C31H49N5O3S. The Morgan fingerprint density at radius 2 is 1.75 bits per heavy atom. The van der Waals surface area contributed by atoms with E-state index in [-0.39, 0.29) is 17.6 Å². The number of aliphatic hydroxyl groups excluding tert-OH is 1. The van der Waals surface area contributed by atoms with Crippen LogP contribution in [0.2, 0.25) is 0 Å². The summed E-state index contributed by atoms with van der Waals surface area (Å²) in [6.45, 7) is 10.0. The lowest BCUT2D eigenvalue weighted by Crippen LogP contribution is -2.41. The second kappa shape index (κ2) is 12.8. The molecule has 1 atom stereocenters. The van der Waals surface area contributed by atoms with Crippen LogP contribution in [0.3, 0.4) is 0 Å². The van der Waals surface area contributed by atoms with Crippen LogP contribution < -0.4 is 5.32 Å². The molecule has 0 amide bonds. The Bertz CT molecular complexity index is 1250. The van der Waals surface area contributed by atoms with Gasteiger partial charge in [-0.05, 0) is 88.2 Å². The lowest BCUT2D eigenvalue weighted by molar-refractivity contribution is 0.121. The van der Waals surface area contributed by atoms with E-state index in [9.17, 15) is 13.5 Å². The highest BCUT2D eigenvalue weighted by molar-refractivity contribution is 7.91. The molecule has 9 heteroatoms. The molecular weight excluding hydrogens is 522 g/mol. The van der Waals surface area contributed by atoms with Crippen molar-refractivity contribution in [1.29, 1.82) is 0 Å². The maximum atomic E-state index is 11.9. The standard InChI is InChI=1S/C31H49N5O3S/c1-4-5-6-7-22(2)33-31-32-21-30-28(20-29(36(30)34-31)26-12-14-27(37)15-13-26)25-10-8-24(9-11-25)23(3)35-16-18-40(38,39)19-17-35/h20-22,24-27,37H,3-19H2,1-2H3,(H,33,34)/t22-,24?,25?,26?,27?/m0/s1. The zero-order valence-electron chi connectivity index (χ0n) is 24.5. The van der Waals surface area contributed by atoms with Crippen LogP contribution in [0, 0.1) is 5.92 Å². The van der Waals surface area contributed by atoms with Gasteiger partial charge in [-0.3, -0.25) is 0 Å². The van der Waals surface area contributed by atoms with Gasteiger partial charge in [-0.1, -0.05) is 32.8 Å². The number of fused-ring (bicyclic) bond motifs is 1. The highest BCUT2D eigenvalue weighted by Crippen LogP contribution is 2.43. The number of unbranched alkanes of at least 4 members (excludes halogenated alkanes) is 2. The van der Waals surface area contributed by atoms with E-state index in [0.29, 0.717) is 42.8 Å². The van der Waals surface area contributed by atoms with Crippen molar-refractivity contribution in [2.24, 2.45) is 5.92 Å². The molecule has 5 rings (SSSR count). The molecule has 3 heterocycles. The van der Waals surface area contributed by atoms with Crippen molar-refractivity contribution in [1.82, 2.24) is 19.5 Å². The van der Waals surface area contributed by atoms with E-state index in [1.54, 1.807) is 0 Å². The van der Waals surface area contributed by atoms with Crippen molar-refractivity contribution >= 4 is 21.3 Å². The Labute approximate surface area is 240 Å². The van der Waals surface area contributed by atoms with E-state index in [2.05, 4.69) is 41.2 Å². The fourth-order valence-corrected chi connectivity index (χ4v) is 8.28. The minimum absolute atomic E-state index is 0.179. The first-order valence-corrected chi connectivity index (χ1v) is 17.5. The van der Waals surface area contributed by atoms with E-state index in [0.717, 1.165) is 69.0 Å². The quantitative estimate of drug-likeness (QED) is 0.356. The molecule has 1 aliphatic heterocycles. The monoisotopic (exact) mass is 571 g/mol. The SMILES string of the molecule is C=C(C1CCC(c2cc(C3CCC(O)CC3)n3nc(N[C@@H](C)CCCCC)ncc23)CC1)N1CCS(=O)(=O)CC1. The average molecular weight is 572 g/mol. The molecule has 8 nitrogen and oxygen atoms in total. The van der Waals surface area contributed by atoms with Crippen LogP contribution in [0.15, 0.2) is 24.5 Å². The maximum Gasteiger partial charge on any atom is 0.241 e. The van der Waals surface area contributed by atoms with E-state index < -0.39 is 9.84 Å². The number of hydrogen-bond acceptors (Lipinski definition) is 7. The molecule has 3 aliphatic rings. The molecule has 0 unspecified atom stereocenters. The van der Waals surface area contributed by atoms with Gasteiger partial charge in [0.2, 0.25) is 5.95 Å². The third-order valence-electron chi connectivity index (χ3n) is 9.70. The van der Waals surface area contributed by atoms with E-state index >= 15 is 0 Å². The average Bonchev–Trinajstić information content (AvgIpc) is 3.32. The first-order chi connectivity index (χ1) is 19.2. The first kappa shape index (κ1) is 29.4. The summed E-state index contributed by atoms with van der Waals surface area (Å²) in [7, 11) is -2.89. The second-order valence-corrected chi connectivity index (χ2v) is 14.9. The van der Waals surface area contributed by atoms with Gasteiger partial charge in [0.05, 0.1) is 29.3 Å². The number of nitrogens with zero attached hydrogens (tertiary/aromatic N) is 4. The summed E-state index contributed by atoms with van der Waals surface area (Å²) in [5.41, 5.74) is 4.87. The molecule has 2 aliphatic carbocycles. The highest BCUT2D eigenvalue weighted by Gasteiger charge is 2.32. The number of allylic oxidation sites excluding steroid dienone is 1. The molecule has 0 aromatic carbocycles.